The molecule has 0 saturated heterocycles. The molecule has 0 spiro atoms. The summed E-state index contributed by atoms with van der Waals surface area (Å²) in [5, 5.41) is 2.72. The molecule has 0 bridgehead atoms. The first-order chi connectivity index (χ1) is 9.43. The van der Waals surface area contributed by atoms with Crippen molar-refractivity contribution in [2.75, 3.05) is 13.2 Å². The Kier molecular flexibility index (Phi) is 3.96. The molecule has 0 aromatic heterocycles. The Balaban J connectivity index is 2.30. The number of hydrogen-bond acceptors (Lipinski definition) is 4. The fourth-order valence-corrected chi connectivity index (χ4v) is 1.92. The summed E-state index contributed by atoms with van der Waals surface area (Å²) in [5.74, 6) is -0.476. The van der Waals surface area contributed by atoms with Crippen molar-refractivity contribution in [2.24, 2.45) is 4.99 Å². The number of esters is 1. The molecule has 1 atom stereocenters. The van der Waals surface area contributed by atoms with Gasteiger partial charge in [0, 0.05) is 12.1 Å². The van der Waals surface area contributed by atoms with E-state index in [1.165, 1.54) is 18.2 Å². The number of benzene rings is 1. The van der Waals surface area contributed by atoms with E-state index in [2.05, 4.69) is 10.3 Å². The average molecular weight is 286 g/mol. The van der Waals surface area contributed by atoms with Gasteiger partial charge in [-0.25, -0.2) is 4.79 Å². The van der Waals surface area contributed by atoms with Crippen molar-refractivity contribution >= 4 is 11.8 Å². The van der Waals surface area contributed by atoms with E-state index in [1.807, 2.05) is 0 Å². The monoisotopic (exact) mass is 286 g/mol. The van der Waals surface area contributed by atoms with E-state index in [0.29, 0.717) is 0 Å². The zero-order valence-corrected chi connectivity index (χ0v) is 10.7. The Morgan fingerprint density at radius 3 is 2.80 bits per heavy atom. The van der Waals surface area contributed by atoms with Gasteiger partial charge in [0.1, 0.15) is 5.84 Å². The van der Waals surface area contributed by atoms with Crippen molar-refractivity contribution in [2.45, 2.75) is 19.1 Å². The van der Waals surface area contributed by atoms with Crippen molar-refractivity contribution in [3.05, 3.63) is 35.4 Å². The zero-order chi connectivity index (χ0) is 14.8. The molecule has 7 heteroatoms. The van der Waals surface area contributed by atoms with Crippen LogP contribution in [0.4, 0.5) is 13.2 Å². The number of nitrogens with one attached hydrogen (secondary N) is 1. The Labute approximate surface area is 113 Å². The zero-order valence-electron chi connectivity index (χ0n) is 10.7. The minimum atomic E-state index is -4.47. The highest BCUT2D eigenvalue weighted by Crippen LogP contribution is 2.32. The van der Waals surface area contributed by atoms with E-state index >= 15 is 0 Å². The number of carbonyl (C=O) groups excluding carboxylic acids is 1. The van der Waals surface area contributed by atoms with Crippen LogP contribution in [0, 0.1) is 0 Å². The largest absolute Gasteiger partial charge is 0.464 e. The number of ether oxygens (including phenoxy) is 1. The van der Waals surface area contributed by atoms with Crippen molar-refractivity contribution in [3.63, 3.8) is 0 Å². The lowest BCUT2D eigenvalue weighted by molar-refractivity contribution is -0.144. The smallest absolute Gasteiger partial charge is 0.417 e. The van der Waals surface area contributed by atoms with Crippen LogP contribution in [0.2, 0.25) is 0 Å². The number of carbonyl (C=O) groups is 1. The third-order valence-corrected chi connectivity index (χ3v) is 2.79. The number of halogens is 3. The van der Waals surface area contributed by atoms with Crippen molar-refractivity contribution < 1.29 is 22.7 Å². The first-order valence-electron chi connectivity index (χ1n) is 6.08. The molecule has 20 heavy (non-hydrogen) atoms. The van der Waals surface area contributed by atoms with Gasteiger partial charge in [0.15, 0.2) is 6.04 Å². The number of rotatable bonds is 3. The summed E-state index contributed by atoms with van der Waals surface area (Å²) in [6, 6.07) is 4.31. The fourth-order valence-electron chi connectivity index (χ4n) is 1.92. The highest BCUT2D eigenvalue weighted by Gasteiger charge is 2.36. The second-order valence-corrected chi connectivity index (χ2v) is 4.17. The Hall–Kier alpha value is -2.05. The van der Waals surface area contributed by atoms with Gasteiger partial charge in [-0.2, -0.15) is 13.2 Å². The maximum atomic E-state index is 12.9. The van der Waals surface area contributed by atoms with Crippen LogP contribution in [0.1, 0.15) is 18.1 Å². The number of nitrogens with zero attached hydrogens (tertiary/aromatic N) is 1. The van der Waals surface area contributed by atoms with Crippen LogP contribution in [-0.2, 0) is 15.7 Å². The molecule has 0 fully saturated rings. The van der Waals surface area contributed by atoms with Crippen LogP contribution in [0.15, 0.2) is 29.3 Å². The minimum Gasteiger partial charge on any atom is -0.464 e. The summed E-state index contributed by atoms with van der Waals surface area (Å²) >= 11 is 0. The van der Waals surface area contributed by atoms with Crippen LogP contribution in [0.25, 0.3) is 0 Å². The van der Waals surface area contributed by atoms with Crippen molar-refractivity contribution in [1.82, 2.24) is 5.32 Å². The van der Waals surface area contributed by atoms with Gasteiger partial charge >= 0.3 is 12.1 Å². The molecule has 1 aromatic rings. The van der Waals surface area contributed by atoms with Crippen LogP contribution in [0.5, 0.6) is 0 Å². The van der Waals surface area contributed by atoms with E-state index in [1.54, 1.807) is 6.92 Å². The minimum absolute atomic E-state index is 0.0631. The molecule has 1 aliphatic rings. The summed E-state index contributed by atoms with van der Waals surface area (Å²) in [6.45, 7) is 2.00. The van der Waals surface area contributed by atoms with Gasteiger partial charge in [-0.15, -0.1) is 0 Å². The molecule has 1 heterocycles. The average Bonchev–Trinajstić information content (AvgIpc) is 2.87. The molecule has 108 valence electrons. The maximum absolute atomic E-state index is 12.9. The molecule has 0 radical (unpaired) electrons. The van der Waals surface area contributed by atoms with Gasteiger partial charge < -0.3 is 10.1 Å². The van der Waals surface area contributed by atoms with Gasteiger partial charge in [0.25, 0.3) is 0 Å². The lowest BCUT2D eigenvalue weighted by atomic mass is 10.1. The molecule has 0 aliphatic carbocycles. The topological polar surface area (TPSA) is 50.7 Å². The Morgan fingerprint density at radius 2 is 2.15 bits per heavy atom. The molecule has 1 aromatic carbocycles. The predicted octanol–water partition coefficient (Wildman–Crippen LogP) is 1.99. The van der Waals surface area contributed by atoms with Crippen LogP contribution >= 0.6 is 0 Å². The second-order valence-electron chi connectivity index (χ2n) is 4.17. The van der Waals surface area contributed by atoms with Gasteiger partial charge in [0.05, 0.1) is 12.2 Å². The molecule has 0 saturated carbocycles. The molecule has 1 unspecified atom stereocenters. The summed E-state index contributed by atoms with van der Waals surface area (Å²) in [7, 11) is 0. The fraction of sp³-hybridized carbons (Fsp3) is 0.385. The molecule has 4 nitrogen and oxygen atoms in total. The van der Waals surface area contributed by atoms with E-state index < -0.39 is 23.8 Å². The van der Waals surface area contributed by atoms with Crippen LogP contribution in [0.3, 0.4) is 0 Å². The lowest BCUT2D eigenvalue weighted by Crippen LogP contribution is -2.28. The normalized spacial score (nSPS) is 18.4. The van der Waals surface area contributed by atoms with E-state index in [0.717, 1.165) is 6.07 Å². The number of amidine groups is 1. The van der Waals surface area contributed by atoms with Gasteiger partial charge in [-0.05, 0) is 13.0 Å². The number of alkyl halides is 3. The Bertz CT molecular complexity index is 541. The third-order valence-electron chi connectivity index (χ3n) is 2.79. The summed E-state index contributed by atoms with van der Waals surface area (Å²) in [5.41, 5.74) is -0.845. The summed E-state index contributed by atoms with van der Waals surface area (Å²) in [6.07, 6.45) is -4.47. The second kappa shape index (κ2) is 5.52. The van der Waals surface area contributed by atoms with Crippen molar-refractivity contribution in [3.8, 4) is 0 Å². The first kappa shape index (κ1) is 14.4. The van der Waals surface area contributed by atoms with E-state index in [9.17, 15) is 18.0 Å². The standard InChI is InChI=1S/C13H13F3N2O2/c1-2-20-12(19)10-7-17-11(18-10)8-5-3-4-6-9(8)13(14,15)16/h3-6,10H,2,7H2,1H3,(H,17,18). The van der Waals surface area contributed by atoms with E-state index in [-0.39, 0.29) is 24.6 Å². The third kappa shape index (κ3) is 2.92. The van der Waals surface area contributed by atoms with Gasteiger partial charge in [-0.1, -0.05) is 18.2 Å². The molecule has 2 rings (SSSR count). The predicted molar refractivity (Wildman–Crippen MR) is 66.4 cm³/mol. The Morgan fingerprint density at radius 1 is 1.45 bits per heavy atom. The van der Waals surface area contributed by atoms with Crippen LogP contribution in [-0.4, -0.2) is 31.0 Å². The summed E-state index contributed by atoms with van der Waals surface area (Å²) < 4.78 is 43.5. The molecular formula is C13H13F3N2O2. The highest BCUT2D eigenvalue weighted by molar-refractivity contribution is 6.03. The highest BCUT2D eigenvalue weighted by atomic mass is 19.4. The number of aliphatic imine (C=N–C) groups is 1. The SMILES string of the molecule is CCOC(=O)C1CNC(c2ccccc2C(F)(F)F)=N1. The van der Waals surface area contributed by atoms with Crippen LogP contribution < -0.4 is 5.32 Å². The lowest BCUT2D eigenvalue weighted by Gasteiger charge is -2.12. The molecular weight excluding hydrogens is 273 g/mol. The van der Waals surface area contributed by atoms with Crippen molar-refractivity contribution in [1.29, 1.82) is 0 Å². The molecule has 1 N–H and O–H groups in total. The van der Waals surface area contributed by atoms with Gasteiger partial charge in [0.2, 0.25) is 0 Å². The van der Waals surface area contributed by atoms with E-state index in [4.69, 9.17) is 4.74 Å². The molecule has 1 aliphatic heterocycles. The quantitative estimate of drug-likeness (QED) is 0.865. The first-order valence-corrected chi connectivity index (χ1v) is 6.08. The number of hydrogen-bond donors (Lipinski definition) is 1. The summed E-state index contributed by atoms with van der Waals surface area (Å²) in [4.78, 5) is 15.5. The van der Waals surface area contributed by atoms with Gasteiger partial charge in [-0.3, -0.25) is 4.99 Å². The maximum Gasteiger partial charge on any atom is 0.417 e. The molecule has 0 amide bonds.